The van der Waals surface area contributed by atoms with E-state index in [9.17, 15) is 14.4 Å². The lowest BCUT2D eigenvalue weighted by atomic mass is 10.1. The molecule has 10 nitrogen and oxygen atoms in total. The summed E-state index contributed by atoms with van der Waals surface area (Å²) in [7, 11) is 1.56. The van der Waals surface area contributed by atoms with Crippen LogP contribution in [0.25, 0.3) is 0 Å². The van der Waals surface area contributed by atoms with E-state index in [1.54, 1.807) is 27.8 Å². The molecule has 2 aromatic heterocycles. The van der Waals surface area contributed by atoms with Gasteiger partial charge in [-0.2, -0.15) is 5.10 Å². The van der Waals surface area contributed by atoms with Crippen molar-refractivity contribution in [3.8, 4) is 0 Å². The molecule has 156 valence electrons. The minimum atomic E-state index is -0.681. The van der Waals surface area contributed by atoms with Gasteiger partial charge in [0.15, 0.2) is 5.11 Å². The van der Waals surface area contributed by atoms with Crippen LogP contribution in [0, 0.1) is 6.92 Å². The van der Waals surface area contributed by atoms with Gasteiger partial charge in [0.25, 0.3) is 5.91 Å². The maximum atomic E-state index is 12.4. The van der Waals surface area contributed by atoms with Crippen LogP contribution in [0.5, 0.6) is 0 Å². The van der Waals surface area contributed by atoms with Crippen LogP contribution < -0.4 is 16.4 Å². The fourth-order valence-electron chi connectivity index (χ4n) is 2.52. The summed E-state index contributed by atoms with van der Waals surface area (Å²) in [5, 5.41) is 10.0. The highest BCUT2D eigenvalue weighted by molar-refractivity contribution is 7.80. The number of aromatic nitrogens is 2. The van der Waals surface area contributed by atoms with E-state index in [0.29, 0.717) is 16.3 Å². The van der Waals surface area contributed by atoms with Crippen LogP contribution in [-0.2, 0) is 16.5 Å². The summed E-state index contributed by atoms with van der Waals surface area (Å²) >= 11 is 6.30. The highest BCUT2D eigenvalue weighted by Crippen LogP contribution is 2.34. The number of carbonyl (C=O) groups excluding carboxylic acids is 3. The fourth-order valence-corrected chi connectivity index (χ4v) is 3.89. The molecule has 0 aliphatic heterocycles. The maximum Gasteiger partial charge on any atom is 0.348 e. The third-order valence-corrected chi connectivity index (χ3v) is 5.13. The monoisotopic (exact) mass is 439 g/mol. The summed E-state index contributed by atoms with van der Waals surface area (Å²) < 4.78 is 11.4. The zero-order valence-electron chi connectivity index (χ0n) is 16.3. The number of thiophene rings is 1. The normalized spacial score (nSPS) is 10.3. The number of ether oxygens (including phenoxy) is 2. The second-order valence-electron chi connectivity index (χ2n) is 5.68. The van der Waals surface area contributed by atoms with Gasteiger partial charge in [0.05, 0.1) is 30.7 Å². The molecule has 2 aromatic rings. The summed E-state index contributed by atoms with van der Waals surface area (Å²) in [4.78, 5) is 36.5. The first kappa shape index (κ1) is 22.3. The Morgan fingerprint density at radius 3 is 2.41 bits per heavy atom. The zero-order chi connectivity index (χ0) is 21.7. The molecule has 0 unspecified atom stereocenters. The molecule has 1 amide bonds. The summed E-state index contributed by atoms with van der Waals surface area (Å²) in [6, 6.07) is 0. The SMILES string of the molecule is CCOC(=O)c1sc(NC(=S)Nc2cnn(C)c2C(N)=O)c(C(=O)OCC)c1C. The van der Waals surface area contributed by atoms with Crippen molar-refractivity contribution in [1.29, 1.82) is 0 Å². The molecule has 2 heterocycles. The number of hydrogen-bond acceptors (Lipinski definition) is 8. The highest BCUT2D eigenvalue weighted by Gasteiger charge is 2.27. The maximum absolute atomic E-state index is 12.4. The molecule has 0 atom stereocenters. The first-order chi connectivity index (χ1) is 13.7. The van der Waals surface area contributed by atoms with E-state index in [1.165, 1.54) is 10.9 Å². The Labute approximate surface area is 176 Å². The van der Waals surface area contributed by atoms with Gasteiger partial charge in [-0.25, -0.2) is 9.59 Å². The number of amides is 1. The molecule has 0 aromatic carbocycles. The Morgan fingerprint density at radius 1 is 1.21 bits per heavy atom. The Hall–Kier alpha value is -2.99. The lowest BCUT2D eigenvalue weighted by Gasteiger charge is -2.11. The molecule has 0 aliphatic carbocycles. The van der Waals surface area contributed by atoms with Gasteiger partial charge >= 0.3 is 11.9 Å². The number of hydrogen-bond donors (Lipinski definition) is 3. The number of aryl methyl sites for hydroxylation is 1. The molecule has 0 aliphatic rings. The van der Waals surface area contributed by atoms with Crippen LogP contribution in [0.1, 0.15) is 49.9 Å². The average molecular weight is 440 g/mol. The van der Waals surface area contributed by atoms with Gasteiger partial charge in [0, 0.05) is 7.05 Å². The van der Waals surface area contributed by atoms with E-state index in [2.05, 4.69) is 15.7 Å². The van der Waals surface area contributed by atoms with Crippen LogP contribution in [0.2, 0.25) is 0 Å². The second-order valence-corrected chi connectivity index (χ2v) is 7.10. The summed E-state index contributed by atoms with van der Waals surface area (Å²) in [5.74, 6) is -1.82. The molecule has 0 saturated heterocycles. The number of nitrogens with zero attached hydrogens (tertiary/aromatic N) is 2. The molecule has 12 heteroatoms. The Morgan fingerprint density at radius 2 is 1.83 bits per heavy atom. The fraction of sp³-hybridized carbons (Fsp3) is 0.353. The number of nitrogens with one attached hydrogen (secondary N) is 2. The molecular weight excluding hydrogens is 418 g/mol. The smallest absolute Gasteiger partial charge is 0.348 e. The van der Waals surface area contributed by atoms with Gasteiger partial charge in [-0.3, -0.25) is 9.48 Å². The number of carbonyl (C=O) groups is 3. The van der Waals surface area contributed by atoms with Crippen molar-refractivity contribution in [3.63, 3.8) is 0 Å². The molecule has 0 spiro atoms. The third kappa shape index (κ3) is 4.90. The molecule has 0 bridgehead atoms. The van der Waals surface area contributed by atoms with Crippen LogP contribution in [-0.4, -0.2) is 46.0 Å². The van der Waals surface area contributed by atoms with Crippen molar-refractivity contribution >= 4 is 57.2 Å². The average Bonchev–Trinajstić information content (AvgIpc) is 3.15. The Balaban J connectivity index is 2.34. The lowest BCUT2D eigenvalue weighted by Crippen LogP contribution is -2.23. The minimum Gasteiger partial charge on any atom is -0.462 e. The number of thiocarbonyl (C=S) groups is 1. The van der Waals surface area contributed by atoms with E-state index in [0.717, 1.165) is 11.3 Å². The van der Waals surface area contributed by atoms with E-state index in [4.69, 9.17) is 27.4 Å². The van der Waals surface area contributed by atoms with Gasteiger partial charge in [-0.05, 0) is 38.6 Å². The van der Waals surface area contributed by atoms with Gasteiger partial charge < -0.3 is 25.8 Å². The molecule has 0 radical (unpaired) electrons. The highest BCUT2D eigenvalue weighted by atomic mass is 32.1. The largest absolute Gasteiger partial charge is 0.462 e. The number of primary amides is 1. The molecule has 4 N–H and O–H groups in total. The zero-order valence-corrected chi connectivity index (χ0v) is 18.0. The van der Waals surface area contributed by atoms with Crippen LogP contribution in [0.15, 0.2) is 6.20 Å². The van der Waals surface area contributed by atoms with Gasteiger partial charge in [-0.1, -0.05) is 0 Å². The molecule has 2 rings (SSSR count). The molecule has 0 saturated carbocycles. The summed E-state index contributed by atoms with van der Waals surface area (Å²) in [5.41, 5.74) is 6.40. The van der Waals surface area contributed by atoms with Gasteiger partial charge in [0.2, 0.25) is 0 Å². The second kappa shape index (κ2) is 9.47. The predicted octanol–water partition coefficient (Wildman–Crippen LogP) is 2.05. The quantitative estimate of drug-likeness (QED) is 0.437. The van der Waals surface area contributed by atoms with E-state index in [1.807, 2.05) is 0 Å². The number of nitrogens with two attached hydrogens (primary N) is 1. The van der Waals surface area contributed by atoms with Crippen molar-refractivity contribution in [3.05, 3.63) is 27.9 Å². The third-order valence-electron chi connectivity index (χ3n) is 3.73. The van der Waals surface area contributed by atoms with Crippen molar-refractivity contribution in [1.82, 2.24) is 9.78 Å². The predicted molar refractivity (Wildman–Crippen MR) is 113 cm³/mol. The van der Waals surface area contributed by atoms with E-state index >= 15 is 0 Å². The molecule has 29 heavy (non-hydrogen) atoms. The summed E-state index contributed by atoms with van der Waals surface area (Å²) in [6.45, 7) is 5.37. The molecular formula is C17H21N5O5S2. The van der Waals surface area contributed by atoms with E-state index in [-0.39, 0.29) is 34.5 Å². The lowest BCUT2D eigenvalue weighted by molar-refractivity contribution is 0.0527. The van der Waals surface area contributed by atoms with Gasteiger partial charge in [-0.15, -0.1) is 11.3 Å². The minimum absolute atomic E-state index is 0.0720. The number of rotatable bonds is 7. The van der Waals surface area contributed by atoms with E-state index < -0.39 is 17.8 Å². The first-order valence-electron chi connectivity index (χ1n) is 8.58. The van der Waals surface area contributed by atoms with Crippen LogP contribution in [0.3, 0.4) is 0 Å². The van der Waals surface area contributed by atoms with Gasteiger partial charge in [0.1, 0.15) is 15.6 Å². The van der Waals surface area contributed by atoms with Crippen molar-refractivity contribution < 1.29 is 23.9 Å². The van der Waals surface area contributed by atoms with Crippen LogP contribution >= 0.6 is 23.6 Å². The topological polar surface area (TPSA) is 138 Å². The number of anilines is 2. The first-order valence-corrected chi connectivity index (χ1v) is 9.81. The van der Waals surface area contributed by atoms with Crippen molar-refractivity contribution in [2.75, 3.05) is 23.8 Å². The standard InChI is InChI=1S/C17H21N5O5S2/c1-5-26-15(24)10-8(3)12(16(25)27-6-2)29-14(10)21-17(28)20-9-7-19-22(4)11(9)13(18)23/h7H,5-6H2,1-4H3,(H2,18,23)(H2,20,21,28). The van der Waals surface area contributed by atoms with Crippen LogP contribution in [0.4, 0.5) is 10.7 Å². The van der Waals surface area contributed by atoms with Crippen molar-refractivity contribution in [2.45, 2.75) is 20.8 Å². The Bertz CT molecular complexity index is 966. The Kier molecular flexibility index (Phi) is 7.29. The van der Waals surface area contributed by atoms with Crippen molar-refractivity contribution in [2.24, 2.45) is 12.8 Å². The molecule has 0 fully saturated rings. The summed E-state index contributed by atoms with van der Waals surface area (Å²) in [6.07, 6.45) is 1.39. The number of esters is 2.